The average Bonchev–Trinajstić information content (AvgIpc) is 1.96. The Bertz CT molecular complexity index is 347. The molecule has 0 radical (unpaired) electrons. The third-order valence-corrected chi connectivity index (χ3v) is 6.65. The molecule has 0 aromatic carbocycles. The van der Waals surface area contributed by atoms with Crippen molar-refractivity contribution in [1.29, 1.82) is 0 Å². The van der Waals surface area contributed by atoms with Crippen molar-refractivity contribution in [3.8, 4) is 0 Å². The van der Waals surface area contributed by atoms with Crippen molar-refractivity contribution in [2.24, 2.45) is 0 Å². The molecule has 0 aliphatic carbocycles. The predicted octanol–water partition coefficient (Wildman–Crippen LogP) is -0.968. The van der Waals surface area contributed by atoms with E-state index in [1.165, 1.54) is 0 Å². The van der Waals surface area contributed by atoms with Crippen LogP contribution in [0.4, 0.5) is 0 Å². The summed E-state index contributed by atoms with van der Waals surface area (Å²) in [5, 5.41) is 5.58. The van der Waals surface area contributed by atoms with Crippen molar-refractivity contribution in [2.45, 2.75) is 11.9 Å². The molecule has 0 aromatic rings. The highest BCUT2D eigenvalue weighted by molar-refractivity contribution is 7.72. The van der Waals surface area contributed by atoms with Gasteiger partial charge in [0.05, 0.1) is 6.54 Å². The van der Waals surface area contributed by atoms with Crippen LogP contribution in [0, 0.1) is 0 Å². The summed E-state index contributed by atoms with van der Waals surface area (Å²) < 4.78 is 22.2. The minimum atomic E-state index is -5.22. The Morgan fingerprint density at radius 2 is 1.50 bits per heavy atom. The Kier molecular flexibility index (Phi) is 4.46. The number of aliphatic carboxylic acids is 1. The minimum absolute atomic E-state index is 0.427. The zero-order valence-corrected chi connectivity index (χ0v) is 10.3. The van der Waals surface area contributed by atoms with Gasteiger partial charge < -0.3 is 24.7 Å². The molecule has 0 heterocycles. The molecule has 0 aliphatic heterocycles. The van der Waals surface area contributed by atoms with Crippen molar-refractivity contribution >= 4 is 21.2 Å². The summed E-state index contributed by atoms with van der Waals surface area (Å²) >= 11 is 0. The zero-order valence-electron chi connectivity index (χ0n) is 8.51. The highest BCUT2D eigenvalue weighted by Crippen LogP contribution is 2.69. The lowest BCUT2D eigenvalue weighted by atomic mass is 10.5. The number of carboxylic acids is 1. The topological polar surface area (TPSA) is 156 Å². The molecule has 5 N–H and O–H groups in total. The summed E-state index contributed by atoms with van der Waals surface area (Å²) in [4.78, 5) is 46.5. The average molecular weight is 277 g/mol. The monoisotopic (exact) mass is 277 g/mol. The molecule has 0 spiro atoms. The summed E-state index contributed by atoms with van der Waals surface area (Å²) in [5.74, 6) is -1.46. The van der Waals surface area contributed by atoms with Gasteiger partial charge in [-0.2, -0.15) is 0 Å². The van der Waals surface area contributed by atoms with Gasteiger partial charge in [-0.25, -0.2) is 0 Å². The third kappa shape index (κ3) is 2.89. The fraction of sp³-hybridized carbons (Fsp3) is 0.800. The molecule has 0 unspecified atom stereocenters. The smallest absolute Gasteiger partial charge is 0.357 e. The lowest BCUT2D eigenvalue weighted by Crippen LogP contribution is -2.45. The van der Waals surface area contributed by atoms with Crippen LogP contribution in [0.2, 0.25) is 0 Å². The van der Waals surface area contributed by atoms with Crippen molar-refractivity contribution in [3.05, 3.63) is 0 Å². The molecule has 16 heavy (non-hydrogen) atoms. The number of carbonyl (C=O) groups is 1. The number of hydrogen-bond acceptors (Lipinski definition) is 4. The van der Waals surface area contributed by atoms with Gasteiger partial charge >= 0.3 is 21.2 Å². The van der Waals surface area contributed by atoms with Crippen LogP contribution in [0.3, 0.4) is 0 Å². The molecule has 0 saturated carbocycles. The molecule has 0 aliphatic rings. The second-order valence-electron chi connectivity index (χ2n) is 3.31. The fourth-order valence-corrected chi connectivity index (χ4v) is 3.36. The minimum Gasteiger partial charge on any atom is -0.480 e. The van der Waals surface area contributed by atoms with Crippen molar-refractivity contribution in [2.75, 3.05) is 13.6 Å². The molecule has 11 heteroatoms. The van der Waals surface area contributed by atoms with Gasteiger partial charge in [-0.05, 0) is 14.0 Å². The highest BCUT2D eigenvalue weighted by atomic mass is 31.2. The summed E-state index contributed by atoms with van der Waals surface area (Å²) in [6.45, 7) is -0.287. The lowest BCUT2D eigenvalue weighted by Gasteiger charge is -2.37. The van der Waals surface area contributed by atoms with Gasteiger partial charge in [-0.1, -0.05) is 0 Å². The number of nitrogens with zero attached hydrogens (tertiary/aromatic N) is 1. The van der Waals surface area contributed by atoms with Crippen LogP contribution in [0.15, 0.2) is 0 Å². The molecule has 0 amide bonds. The second kappa shape index (κ2) is 4.54. The van der Waals surface area contributed by atoms with Crippen molar-refractivity contribution < 1.29 is 38.6 Å². The maximum Gasteiger partial charge on any atom is 0.357 e. The number of carboxylic acid groups (broad SMARTS) is 1. The first kappa shape index (κ1) is 15.7. The van der Waals surface area contributed by atoms with Gasteiger partial charge in [0.15, 0.2) is 0 Å². The number of hydrogen-bond donors (Lipinski definition) is 5. The third-order valence-electron chi connectivity index (χ3n) is 2.20. The standard InChI is InChI=1S/C5H13NO8P2/c1-5(15(9,10)11,16(12,13)14)6(2)3-4(7)8/h3H2,1-2H3,(H,7,8)(H2,9,10,11)(H2,12,13,14). The zero-order chi connectivity index (χ0) is 13.4. The highest BCUT2D eigenvalue weighted by Gasteiger charge is 2.59. The van der Waals surface area contributed by atoms with E-state index in [1.54, 1.807) is 0 Å². The Balaban J connectivity index is 5.53. The van der Waals surface area contributed by atoms with Crippen LogP contribution in [-0.4, -0.2) is 54.2 Å². The van der Waals surface area contributed by atoms with E-state index in [4.69, 9.17) is 24.7 Å². The number of likely N-dealkylation sites (N-methyl/N-ethyl adjacent to an activating group) is 1. The van der Waals surface area contributed by atoms with Gasteiger partial charge in [0.25, 0.3) is 0 Å². The number of rotatable bonds is 5. The van der Waals surface area contributed by atoms with Crippen molar-refractivity contribution in [3.63, 3.8) is 0 Å². The molecule has 96 valence electrons. The lowest BCUT2D eigenvalue weighted by molar-refractivity contribution is -0.138. The van der Waals surface area contributed by atoms with E-state index in [1.807, 2.05) is 0 Å². The van der Waals surface area contributed by atoms with E-state index in [0.717, 1.165) is 7.05 Å². The molecule has 0 saturated heterocycles. The first-order valence-corrected chi connectivity index (χ1v) is 7.11. The largest absolute Gasteiger partial charge is 0.480 e. The van der Waals surface area contributed by atoms with E-state index in [2.05, 4.69) is 0 Å². The van der Waals surface area contributed by atoms with E-state index in [-0.39, 0.29) is 0 Å². The summed E-state index contributed by atoms with van der Waals surface area (Å²) in [7, 11) is -9.54. The molecular formula is C5H13NO8P2. The van der Waals surface area contributed by atoms with Crippen LogP contribution in [0.1, 0.15) is 6.92 Å². The van der Waals surface area contributed by atoms with Gasteiger partial charge in [0, 0.05) is 0 Å². The van der Waals surface area contributed by atoms with Gasteiger partial charge in [-0.15, -0.1) is 0 Å². The van der Waals surface area contributed by atoms with Crippen LogP contribution >= 0.6 is 15.2 Å². The maximum absolute atomic E-state index is 11.1. The fourth-order valence-electron chi connectivity index (χ4n) is 0.967. The van der Waals surface area contributed by atoms with Gasteiger partial charge in [0.2, 0.25) is 5.02 Å². The second-order valence-corrected chi connectivity index (χ2v) is 7.58. The van der Waals surface area contributed by atoms with Gasteiger partial charge in [-0.3, -0.25) is 18.8 Å². The molecule has 0 rings (SSSR count). The molecule has 9 nitrogen and oxygen atoms in total. The van der Waals surface area contributed by atoms with Crippen LogP contribution in [0.5, 0.6) is 0 Å². The normalized spacial score (nSPS) is 14.2. The Labute approximate surface area is 91.0 Å². The quantitative estimate of drug-likeness (QED) is 0.399. The molecule has 0 aromatic heterocycles. The Hall–Kier alpha value is -0.270. The van der Waals surface area contributed by atoms with Gasteiger partial charge in [0.1, 0.15) is 0 Å². The Morgan fingerprint density at radius 3 is 1.69 bits per heavy atom. The molecule has 0 fully saturated rings. The summed E-state index contributed by atoms with van der Waals surface area (Å²) in [6.07, 6.45) is 0. The van der Waals surface area contributed by atoms with Crippen molar-refractivity contribution in [1.82, 2.24) is 4.90 Å². The van der Waals surface area contributed by atoms with E-state index in [0.29, 0.717) is 11.8 Å². The Morgan fingerprint density at radius 1 is 1.19 bits per heavy atom. The van der Waals surface area contributed by atoms with E-state index >= 15 is 0 Å². The summed E-state index contributed by atoms with van der Waals surface area (Å²) in [6, 6.07) is 0. The van der Waals surface area contributed by atoms with E-state index in [9.17, 15) is 13.9 Å². The maximum atomic E-state index is 11.1. The first-order chi connectivity index (χ1) is 6.84. The predicted molar refractivity (Wildman–Crippen MR) is 52.8 cm³/mol. The van der Waals surface area contributed by atoms with Crippen LogP contribution in [-0.2, 0) is 13.9 Å². The first-order valence-electron chi connectivity index (χ1n) is 3.88. The van der Waals surface area contributed by atoms with Crippen LogP contribution < -0.4 is 0 Å². The molecular weight excluding hydrogens is 264 g/mol. The molecule has 0 bridgehead atoms. The van der Waals surface area contributed by atoms with Crippen LogP contribution in [0.25, 0.3) is 0 Å². The molecule has 0 atom stereocenters. The summed E-state index contributed by atoms with van der Waals surface area (Å²) in [5.41, 5.74) is 0. The van der Waals surface area contributed by atoms with E-state index < -0.39 is 32.7 Å². The SMILES string of the molecule is CN(CC(=O)O)C(C)(P(=O)(O)O)P(=O)(O)O.